The number of carboxylic acid groups (broad SMARTS) is 1. The van der Waals surface area contributed by atoms with E-state index >= 15 is 0 Å². The van der Waals surface area contributed by atoms with Gasteiger partial charge in [0.15, 0.2) is 0 Å². The fraction of sp³-hybridized carbons (Fsp3) is 0.286. The highest BCUT2D eigenvalue weighted by Crippen LogP contribution is 2.29. The van der Waals surface area contributed by atoms with Crippen LogP contribution in [0.25, 0.3) is 10.9 Å². The molecule has 1 saturated carbocycles. The number of nitrogens with one attached hydrogen (secondary N) is 1. The second-order valence-electron chi connectivity index (χ2n) is 4.80. The van der Waals surface area contributed by atoms with E-state index in [2.05, 4.69) is 4.98 Å². The number of carboxylic acids is 1. The Morgan fingerprint density at radius 1 is 1.32 bits per heavy atom. The van der Waals surface area contributed by atoms with E-state index in [1.165, 1.54) is 4.90 Å². The summed E-state index contributed by atoms with van der Waals surface area (Å²) in [5.74, 6) is -1.17. The van der Waals surface area contributed by atoms with Crippen molar-refractivity contribution < 1.29 is 14.7 Å². The normalized spacial score (nSPS) is 14.5. The van der Waals surface area contributed by atoms with E-state index in [9.17, 15) is 9.59 Å². The Hall–Kier alpha value is -2.30. The van der Waals surface area contributed by atoms with E-state index in [0.29, 0.717) is 5.56 Å². The lowest BCUT2D eigenvalue weighted by Crippen LogP contribution is -2.37. The number of nitrogens with zero attached hydrogens (tertiary/aromatic N) is 1. The van der Waals surface area contributed by atoms with E-state index in [4.69, 9.17) is 5.11 Å². The third kappa shape index (κ3) is 2.19. The summed E-state index contributed by atoms with van der Waals surface area (Å²) in [6.45, 7) is -0.232. The molecule has 0 unspecified atom stereocenters. The summed E-state index contributed by atoms with van der Waals surface area (Å²) in [6.07, 6.45) is 3.56. The van der Waals surface area contributed by atoms with Crippen LogP contribution in [-0.4, -0.2) is 39.5 Å². The minimum Gasteiger partial charge on any atom is -0.480 e. The van der Waals surface area contributed by atoms with Crippen molar-refractivity contribution in [1.29, 1.82) is 0 Å². The van der Waals surface area contributed by atoms with Crippen molar-refractivity contribution >= 4 is 22.8 Å². The molecule has 3 rings (SSSR count). The van der Waals surface area contributed by atoms with E-state index < -0.39 is 5.97 Å². The molecule has 1 aliphatic carbocycles. The van der Waals surface area contributed by atoms with Crippen molar-refractivity contribution in [2.75, 3.05) is 6.54 Å². The Bertz CT molecular complexity index is 643. The van der Waals surface area contributed by atoms with Gasteiger partial charge in [0.25, 0.3) is 5.91 Å². The van der Waals surface area contributed by atoms with Crippen LogP contribution >= 0.6 is 0 Å². The molecule has 0 atom stereocenters. The van der Waals surface area contributed by atoms with E-state index in [1.807, 2.05) is 12.1 Å². The minimum atomic E-state index is -0.971. The highest BCUT2D eigenvalue weighted by Gasteiger charge is 2.34. The highest BCUT2D eigenvalue weighted by molar-refractivity contribution is 6.07. The number of carbonyl (C=O) groups excluding carboxylic acids is 1. The van der Waals surface area contributed by atoms with Crippen LogP contribution in [0.5, 0.6) is 0 Å². The molecule has 1 heterocycles. The van der Waals surface area contributed by atoms with Gasteiger partial charge in [0, 0.05) is 28.7 Å². The monoisotopic (exact) mass is 258 g/mol. The number of fused-ring (bicyclic) bond motifs is 1. The molecule has 2 N–H and O–H groups in total. The number of aromatic nitrogens is 1. The first-order valence-corrected chi connectivity index (χ1v) is 6.25. The zero-order valence-electron chi connectivity index (χ0n) is 10.3. The van der Waals surface area contributed by atoms with Gasteiger partial charge < -0.3 is 15.0 Å². The van der Waals surface area contributed by atoms with Crippen LogP contribution in [0.15, 0.2) is 30.5 Å². The Kier molecular flexibility index (Phi) is 2.74. The number of H-pyrrole nitrogens is 1. The molecule has 98 valence electrons. The van der Waals surface area contributed by atoms with Crippen molar-refractivity contribution in [3.8, 4) is 0 Å². The summed E-state index contributed by atoms with van der Waals surface area (Å²) < 4.78 is 0. The average Bonchev–Trinajstić information content (AvgIpc) is 3.11. The standard InChI is InChI=1S/C14H14N2O3/c17-13(18)8-16(9-4-5-9)14(19)11-2-1-3-12-10(11)6-7-15-12/h1-3,6-7,9,15H,4-5,8H2,(H,17,18). The van der Waals surface area contributed by atoms with Gasteiger partial charge >= 0.3 is 5.97 Å². The predicted octanol–water partition coefficient (Wildman–Crippen LogP) is 1.86. The van der Waals surface area contributed by atoms with Crippen molar-refractivity contribution in [2.45, 2.75) is 18.9 Å². The average molecular weight is 258 g/mol. The summed E-state index contributed by atoms with van der Waals surface area (Å²) in [5, 5.41) is 9.77. The van der Waals surface area contributed by atoms with Gasteiger partial charge in [-0.1, -0.05) is 6.07 Å². The SMILES string of the molecule is O=C(O)CN(C(=O)c1cccc2[nH]ccc12)C1CC1. The van der Waals surface area contributed by atoms with Gasteiger partial charge in [0.05, 0.1) is 0 Å². The van der Waals surface area contributed by atoms with Gasteiger partial charge in [-0.2, -0.15) is 0 Å². The number of rotatable bonds is 4. The van der Waals surface area contributed by atoms with Gasteiger partial charge in [-0.25, -0.2) is 0 Å². The fourth-order valence-corrected chi connectivity index (χ4v) is 2.33. The first-order chi connectivity index (χ1) is 9.16. The maximum absolute atomic E-state index is 12.5. The van der Waals surface area contributed by atoms with Crippen LogP contribution in [-0.2, 0) is 4.79 Å². The molecule has 1 aliphatic rings. The molecule has 1 fully saturated rings. The molecule has 2 aromatic rings. The zero-order chi connectivity index (χ0) is 13.4. The van der Waals surface area contributed by atoms with Gasteiger partial charge in [0.2, 0.25) is 0 Å². The summed E-state index contributed by atoms with van der Waals surface area (Å²) >= 11 is 0. The quantitative estimate of drug-likeness (QED) is 0.879. The number of aliphatic carboxylic acids is 1. The molecule has 0 spiro atoms. The van der Waals surface area contributed by atoms with Gasteiger partial charge in [-0.05, 0) is 31.0 Å². The van der Waals surface area contributed by atoms with Crippen molar-refractivity contribution in [1.82, 2.24) is 9.88 Å². The summed E-state index contributed by atoms with van der Waals surface area (Å²) in [7, 11) is 0. The van der Waals surface area contributed by atoms with Crippen LogP contribution in [0, 0.1) is 0 Å². The minimum absolute atomic E-state index is 0.0813. The molecule has 5 heteroatoms. The predicted molar refractivity (Wildman–Crippen MR) is 70.0 cm³/mol. The molecule has 19 heavy (non-hydrogen) atoms. The molecule has 0 aliphatic heterocycles. The maximum atomic E-state index is 12.5. The number of benzene rings is 1. The lowest BCUT2D eigenvalue weighted by molar-refractivity contribution is -0.137. The summed E-state index contributed by atoms with van der Waals surface area (Å²) in [6, 6.07) is 7.37. The lowest BCUT2D eigenvalue weighted by atomic mass is 10.1. The van der Waals surface area contributed by atoms with Crippen LogP contribution < -0.4 is 0 Å². The largest absolute Gasteiger partial charge is 0.480 e. The topological polar surface area (TPSA) is 73.4 Å². The maximum Gasteiger partial charge on any atom is 0.323 e. The number of carbonyl (C=O) groups is 2. The van der Waals surface area contributed by atoms with Crippen molar-refractivity contribution in [2.24, 2.45) is 0 Å². The Morgan fingerprint density at radius 3 is 2.79 bits per heavy atom. The Labute approximate surface area is 109 Å². The van der Waals surface area contributed by atoms with Crippen LogP contribution in [0.2, 0.25) is 0 Å². The fourth-order valence-electron chi connectivity index (χ4n) is 2.33. The van der Waals surface area contributed by atoms with Crippen LogP contribution in [0.3, 0.4) is 0 Å². The van der Waals surface area contributed by atoms with Gasteiger partial charge in [-0.15, -0.1) is 0 Å². The molecule has 0 saturated heterocycles. The molecule has 5 nitrogen and oxygen atoms in total. The molecule has 1 aromatic carbocycles. The smallest absolute Gasteiger partial charge is 0.323 e. The van der Waals surface area contributed by atoms with E-state index in [-0.39, 0.29) is 18.5 Å². The molecule has 0 bridgehead atoms. The second kappa shape index (κ2) is 4.42. The number of hydrogen-bond donors (Lipinski definition) is 2. The zero-order valence-corrected chi connectivity index (χ0v) is 10.3. The second-order valence-corrected chi connectivity index (χ2v) is 4.80. The third-order valence-corrected chi connectivity index (χ3v) is 3.38. The highest BCUT2D eigenvalue weighted by atomic mass is 16.4. The van der Waals surface area contributed by atoms with E-state index in [0.717, 1.165) is 23.7 Å². The number of hydrogen-bond acceptors (Lipinski definition) is 2. The molecule has 1 aromatic heterocycles. The molecule has 0 radical (unpaired) electrons. The van der Waals surface area contributed by atoms with Crippen LogP contribution in [0.1, 0.15) is 23.2 Å². The van der Waals surface area contributed by atoms with Gasteiger partial charge in [0.1, 0.15) is 6.54 Å². The van der Waals surface area contributed by atoms with Gasteiger partial charge in [-0.3, -0.25) is 9.59 Å². The van der Waals surface area contributed by atoms with E-state index in [1.54, 1.807) is 18.3 Å². The van der Waals surface area contributed by atoms with Crippen molar-refractivity contribution in [3.63, 3.8) is 0 Å². The Balaban J connectivity index is 1.97. The summed E-state index contributed by atoms with van der Waals surface area (Å²) in [5.41, 5.74) is 1.45. The molecular weight excluding hydrogens is 244 g/mol. The Morgan fingerprint density at radius 2 is 2.11 bits per heavy atom. The first kappa shape index (κ1) is 11.8. The lowest BCUT2D eigenvalue weighted by Gasteiger charge is -2.20. The molecular formula is C14H14N2O3. The summed E-state index contributed by atoms with van der Waals surface area (Å²) in [4.78, 5) is 27.9. The first-order valence-electron chi connectivity index (χ1n) is 6.25. The number of amides is 1. The third-order valence-electron chi connectivity index (χ3n) is 3.38. The van der Waals surface area contributed by atoms with Crippen LogP contribution in [0.4, 0.5) is 0 Å². The van der Waals surface area contributed by atoms with Crippen molar-refractivity contribution in [3.05, 3.63) is 36.0 Å². The molecule has 1 amide bonds. The number of aromatic amines is 1.